The molecule has 4 aromatic carbocycles. The van der Waals surface area contributed by atoms with Crippen molar-refractivity contribution in [2.24, 2.45) is 0 Å². The zero-order chi connectivity index (χ0) is 38.3. The van der Waals surface area contributed by atoms with Gasteiger partial charge in [-0.3, -0.25) is 19.4 Å². The Morgan fingerprint density at radius 3 is 1.87 bits per heavy atom. The molecule has 2 aliphatic heterocycles. The Kier molecular flexibility index (Phi) is 13.9. The van der Waals surface area contributed by atoms with Crippen molar-refractivity contribution in [2.45, 2.75) is 63.1 Å². The predicted molar refractivity (Wildman–Crippen MR) is 210 cm³/mol. The standard InChI is InChI=1S/C21H23Cl2NO3.C20H21Cl2NO3/c1-14(20(25)26)24(2)11-3-10-21(16-4-6-17(22)7-5-16)19-9-8-18(23)12-15(19)13-27-21;1-23(12-19(24)25)11-3-10-20(14-6-8-15(21)9-7-14)17-4-2-5-18(22)16(17)13-26-20/h4-9,12,14H,3,10-11,13H2,1-2H3,(H,25,26);2,4-9H,3,10-13H2,1H3,(H,24,25)/t14-,21?;/m0./s1. The van der Waals surface area contributed by atoms with Crippen LogP contribution in [0, 0.1) is 0 Å². The van der Waals surface area contributed by atoms with Crippen LogP contribution in [-0.2, 0) is 43.5 Å². The van der Waals surface area contributed by atoms with E-state index in [0.29, 0.717) is 46.4 Å². The first kappa shape index (κ1) is 41.0. The summed E-state index contributed by atoms with van der Waals surface area (Å²) in [6.45, 7) is 4.01. The summed E-state index contributed by atoms with van der Waals surface area (Å²) in [5, 5.41) is 20.9. The predicted octanol–water partition coefficient (Wildman–Crippen LogP) is 9.52. The molecular weight excluding hydrogens is 758 g/mol. The zero-order valence-corrected chi connectivity index (χ0v) is 33.0. The second-order valence-corrected chi connectivity index (χ2v) is 15.4. The van der Waals surface area contributed by atoms with Gasteiger partial charge in [0, 0.05) is 25.7 Å². The molecule has 12 heteroatoms. The first-order valence-corrected chi connectivity index (χ1v) is 19.0. The van der Waals surface area contributed by atoms with Crippen molar-refractivity contribution in [3.05, 3.63) is 138 Å². The minimum absolute atomic E-state index is 0.0250. The molecule has 6 rings (SSSR count). The molecule has 8 nitrogen and oxygen atoms in total. The van der Waals surface area contributed by atoms with E-state index in [9.17, 15) is 14.7 Å². The molecule has 0 bridgehead atoms. The number of benzene rings is 4. The maximum absolute atomic E-state index is 11.2. The van der Waals surface area contributed by atoms with Gasteiger partial charge >= 0.3 is 11.9 Å². The Balaban J connectivity index is 0.000000204. The van der Waals surface area contributed by atoms with E-state index >= 15 is 0 Å². The van der Waals surface area contributed by atoms with Gasteiger partial charge in [-0.15, -0.1) is 0 Å². The Hall–Kier alpha value is -3.18. The number of carbonyl (C=O) groups is 2. The fourth-order valence-electron chi connectivity index (χ4n) is 7.20. The van der Waals surface area contributed by atoms with Crippen LogP contribution in [0.15, 0.2) is 84.9 Å². The average Bonchev–Trinajstić information content (AvgIpc) is 3.68. The van der Waals surface area contributed by atoms with Crippen LogP contribution in [-0.4, -0.2) is 71.7 Å². The molecule has 3 atom stereocenters. The third-order valence-electron chi connectivity index (χ3n) is 10.1. The van der Waals surface area contributed by atoms with Gasteiger partial charge in [0.05, 0.1) is 19.8 Å². The van der Waals surface area contributed by atoms with Gasteiger partial charge in [-0.2, -0.15) is 0 Å². The summed E-state index contributed by atoms with van der Waals surface area (Å²) in [7, 11) is 3.64. The van der Waals surface area contributed by atoms with E-state index in [1.807, 2.05) is 97.9 Å². The number of rotatable bonds is 14. The van der Waals surface area contributed by atoms with Crippen molar-refractivity contribution in [2.75, 3.05) is 33.7 Å². The summed E-state index contributed by atoms with van der Waals surface area (Å²) in [6, 6.07) is 26.7. The van der Waals surface area contributed by atoms with Crippen LogP contribution in [0.4, 0.5) is 0 Å². The maximum Gasteiger partial charge on any atom is 0.320 e. The van der Waals surface area contributed by atoms with E-state index in [0.717, 1.165) is 59.1 Å². The Morgan fingerprint density at radius 1 is 0.736 bits per heavy atom. The molecule has 2 N–H and O–H groups in total. The second-order valence-electron chi connectivity index (χ2n) is 13.6. The molecule has 0 aliphatic carbocycles. The van der Waals surface area contributed by atoms with Gasteiger partial charge in [0.15, 0.2) is 0 Å². The quantitative estimate of drug-likeness (QED) is 0.130. The largest absolute Gasteiger partial charge is 0.480 e. The normalized spacial score (nSPS) is 19.4. The third kappa shape index (κ3) is 9.56. The molecule has 4 aromatic rings. The molecule has 0 saturated carbocycles. The zero-order valence-electron chi connectivity index (χ0n) is 30.0. The molecule has 0 radical (unpaired) electrons. The van der Waals surface area contributed by atoms with Crippen LogP contribution in [0.1, 0.15) is 66.0 Å². The fourth-order valence-corrected chi connectivity index (χ4v) is 7.87. The van der Waals surface area contributed by atoms with Crippen molar-refractivity contribution < 1.29 is 29.3 Å². The second kappa shape index (κ2) is 18.0. The van der Waals surface area contributed by atoms with E-state index in [4.69, 9.17) is 61.0 Å². The Morgan fingerprint density at radius 2 is 1.28 bits per heavy atom. The summed E-state index contributed by atoms with van der Waals surface area (Å²) in [5.41, 5.74) is 5.21. The highest BCUT2D eigenvalue weighted by Gasteiger charge is 2.43. The lowest BCUT2D eigenvalue weighted by molar-refractivity contribution is -0.142. The van der Waals surface area contributed by atoms with Crippen LogP contribution in [0.5, 0.6) is 0 Å². The Labute approximate surface area is 331 Å². The van der Waals surface area contributed by atoms with E-state index in [-0.39, 0.29) is 6.54 Å². The number of fused-ring (bicyclic) bond motifs is 2. The lowest BCUT2D eigenvalue weighted by atomic mass is 9.82. The summed E-state index contributed by atoms with van der Waals surface area (Å²) in [6.07, 6.45) is 3.04. The van der Waals surface area contributed by atoms with Crippen molar-refractivity contribution >= 4 is 58.3 Å². The number of hydrogen-bond donors (Lipinski definition) is 2. The van der Waals surface area contributed by atoms with Gasteiger partial charge in [-0.1, -0.05) is 88.9 Å². The molecule has 0 spiro atoms. The van der Waals surface area contributed by atoms with Crippen LogP contribution >= 0.6 is 46.4 Å². The number of carboxylic acids is 2. The van der Waals surface area contributed by atoms with Crippen LogP contribution in [0.2, 0.25) is 20.1 Å². The van der Waals surface area contributed by atoms with Crippen molar-refractivity contribution in [3.63, 3.8) is 0 Å². The van der Waals surface area contributed by atoms with Gasteiger partial charge in [0.1, 0.15) is 17.2 Å². The summed E-state index contributed by atoms with van der Waals surface area (Å²) in [4.78, 5) is 25.7. The SMILES string of the molecule is CN(CCCC1(c2ccc(Cl)cc2)OCc2c(Cl)cccc21)CC(=O)O.C[C@@H](C(=O)O)N(C)CCCC1(c2ccc(Cl)cc2)OCc2cc(Cl)ccc21. The molecular formula is C41H44Cl4N2O6. The van der Waals surface area contributed by atoms with Crippen molar-refractivity contribution in [1.82, 2.24) is 9.80 Å². The highest BCUT2D eigenvalue weighted by atomic mass is 35.5. The molecule has 0 aromatic heterocycles. The molecule has 53 heavy (non-hydrogen) atoms. The molecule has 0 saturated heterocycles. The van der Waals surface area contributed by atoms with E-state index < -0.39 is 29.2 Å². The highest BCUT2D eigenvalue weighted by Crippen LogP contribution is 2.48. The number of halogens is 4. The molecule has 2 heterocycles. The van der Waals surface area contributed by atoms with E-state index in [1.165, 1.54) is 0 Å². The number of hydrogen-bond acceptors (Lipinski definition) is 6. The minimum Gasteiger partial charge on any atom is -0.480 e. The van der Waals surface area contributed by atoms with Crippen molar-refractivity contribution in [1.29, 1.82) is 0 Å². The smallest absolute Gasteiger partial charge is 0.320 e. The molecule has 2 aliphatic rings. The van der Waals surface area contributed by atoms with Crippen molar-refractivity contribution in [3.8, 4) is 0 Å². The topological polar surface area (TPSA) is 99.5 Å². The monoisotopic (exact) mass is 800 g/mol. The summed E-state index contributed by atoms with van der Waals surface area (Å²) >= 11 is 24.7. The maximum atomic E-state index is 11.2. The highest BCUT2D eigenvalue weighted by molar-refractivity contribution is 6.32. The number of carboxylic acid groups (broad SMARTS) is 2. The van der Waals surface area contributed by atoms with Crippen LogP contribution < -0.4 is 0 Å². The fraction of sp³-hybridized carbons (Fsp3) is 0.366. The van der Waals surface area contributed by atoms with Gasteiger partial charge in [0.2, 0.25) is 0 Å². The van der Waals surface area contributed by atoms with Gasteiger partial charge < -0.3 is 19.7 Å². The molecule has 2 unspecified atom stereocenters. The Bertz CT molecular complexity index is 1890. The first-order chi connectivity index (χ1) is 25.3. The number of likely N-dealkylation sites (N-methyl/N-ethyl adjacent to an activating group) is 2. The number of nitrogens with zero attached hydrogens (tertiary/aromatic N) is 2. The van der Waals surface area contributed by atoms with Gasteiger partial charge in [-0.05, 0) is 130 Å². The van der Waals surface area contributed by atoms with Crippen LogP contribution in [0.25, 0.3) is 0 Å². The third-order valence-corrected chi connectivity index (χ3v) is 11.2. The number of aliphatic carboxylic acids is 2. The lowest BCUT2D eigenvalue weighted by Gasteiger charge is -2.32. The molecule has 0 amide bonds. The van der Waals surface area contributed by atoms with Crippen LogP contribution in [0.3, 0.4) is 0 Å². The van der Waals surface area contributed by atoms with E-state index in [2.05, 4.69) is 6.07 Å². The molecule has 282 valence electrons. The number of ether oxygens (including phenoxy) is 2. The van der Waals surface area contributed by atoms with E-state index in [1.54, 1.807) is 11.8 Å². The summed E-state index contributed by atoms with van der Waals surface area (Å²) in [5.74, 6) is -1.64. The minimum atomic E-state index is -0.825. The van der Waals surface area contributed by atoms with Gasteiger partial charge in [0.25, 0.3) is 0 Å². The summed E-state index contributed by atoms with van der Waals surface area (Å²) < 4.78 is 12.7. The lowest BCUT2D eigenvalue weighted by Crippen LogP contribution is -2.37. The molecule has 0 fully saturated rings. The van der Waals surface area contributed by atoms with Gasteiger partial charge in [-0.25, -0.2) is 0 Å². The average molecular weight is 803 g/mol. The first-order valence-electron chi connectivity index (χ1n) is 17.5.